The number of para-hydroxylation sites is 1. The van der Waals surface area contributed by atoms with E-state index in [1.54, 1.807) is 0 Å². The van der Waals surface area contributed by atoms with Gasteiger partial charge in [-0.05, 0) is 30.9 Å². The number of benzene rings is 1. The summed E-state index contributed by atoms with van der Waals surface area (Å²) in [7, 11) is 0. The smallest absolute Gasteiger partial charge is 0.136 e. The number of aryl methyl sites for hydroxylation is 1. The van der Waals surface area contributed by atoms with E-state index in [1.807, 2.05) is 19.1 Å². The van der Waals surface area contributed by atoms with E-state index in [0.29, 0.717) is 5.92 Å². The molecule has 2 N–H and O–H groups in total. The van der Waals surface area contributed by atoms with Crippen LogP contribution in [0.1, 0.15) is 44.5 Å². The first-order valence-corrected chi connectivity index (χ1v) is 7.55. The molecule has 0 amide bonds. The average molecular weight is 284 g/mol. The van der Waals surface area contributed by atoms with Crippen LogP contribution >= 0.6 is 0 Å². The van der Waals surface area contributed by atoms with Crippen molar-refractivity contribution in [3.63, 3.8) is 0 Å². The van der Waals surface area contributed by atoms with Crippen molar-refractivity contribution in [1.29, 1.82) is 0 Å². The number of hydrogen-bond donors (Lipinski definition) is 2. The van der Waals surface area contributed by atoms with Crippen molar-refractivity contribution in [2.75, 3.05) is 17.2 Å². The van der Waals surface area contributed by atoms with Gasteiger partial charge in [-0.2, -0.15) is 0 Å². The molecule has 0 aliphatic heterocycles. The lowest BCUT2D eigenvalue weighted by atomic mass is 10.0. The minimum Gasteiger partial charge on any atom is -0.370 e. The highest BCUT2D eigenvalue weighted by Gasteiger charge is 2.08. The molecule has 0 bridgehead atoms. The van der Waals surface area contributed by atoms with E-state index in [4.69, 9.17) is 0 Å². The lowest BCUT2D eigenvalue weighted by Crippen LogP contribution is -2.06. The van der Waals surface area contributed by atoms with Crippen LogP contribution in [0.25, 0.3) is 0 Å². The van der Waals surface area contributed by atoms with Crippen molar-refractivity contribution in [1.82, 2.24) is 9.97 Å². The monoisotopic (exact) mass is 284 g/mol. The number of rotatable bonds is 6. The maximum Gasteiger partial charge on any atom is 0.136 e. The second kappa shape index (κ2) is 7.07. The average Bonchev–Trinajstić information content (AvgIpc) is 2.45. The Balaban J connectivity index is 2.25. The molecule has 0 fully saturated rings. The predicted molar refractivity (Wildman–Crippen MR) is 89.4 cm³/mol. The van der Waals surface area contributed by atoms with Gasteiger partial charge in [0, 0.05) is 18.3 Å². The summed E-state index contributed by atoms with van der Waals surface area (Å²) in [5.41, 5.74) is 2.39. The van der Waals surface area contributed by atoms with Crippen molar-refractivity contribution >= 4 is 17.3 Å². The van der Waals surface area contributed by atoms with Crippen LogP contribution in [0.2, 0.25) is 0 Å². The second-order valence-corrected chi connectivity index (χ2v) is 5.48. The minimum atomic E-state index is 0.467. The third kappa shape index (κ3) is 4.18. The molecule has 0 aliphatic carbocycles. The van der Waals surface area contributed by atoms with Crippen LogP contribution in [-0.2, 0) is 0 Å². The Bertz CT molecular complexity index is 593. The van der Waals surface area contributed by atoms with E-state index in [2.05, 4.69) is 59.6 Å². The largest absolute Gasteiger partial charge is 0.370 e. The van der Waals surface area contributed by atoms with Gasteiger partial charge < -0.3 is 10.6 Å². The summed E-state index contributed by atoms with van der Waals surface area (Å²) < 4.78 is 0. The van der Waals surface area contributed by atoms with E-state index in [1.165, 1.54) is 5.56 Å². The zero-order valence-corrected chi connectivity index (χ0v) is 13.3. The van der Waals surface area contributed by atoms with Gasteiger partial charge in [-0.3, -0.25) is 0 Å². The van der Waals surface area contributed by atoms with Gasteiger partial charge >= 0.3 is 0 Å². The lowest BCUT2D eigenvalue weighted by Gasteiger charge is -2.15. The van der Waals surface area contributed by atoms with Crippen molar-refractivity contribution < 1.29 is 0 Å². The van der Waals surface area contributed by atoms with Crippen molar-refractivity contribution in [2.45, 2.75) is 40.0 Å². The fourth-order valence-electron chi connectivity index (χ4n) is 2.23. The molecule has 1 heterocycles. The molecule has 0 saturated heterocycles. The second-order valence-electron chi connectivity index (χ2n) is 5.48. The Morgan fingerprint density at radius 3 is 2.52 bits per heavy atom. The Morgan fingerprint density at radius 1 is 1.10 bits per heavy atom. The van der Waals surface area contributed by atoms with Crippen LogP contribution in [-0.4, -0.2) is 16.5 Å². The molecule has 0 unspecified atom stereocenters. The van der Waals surface area contributed by atoms with E-state index < -0.39 is 0 Å². The number of aromatic nitrogens is 2. The molecule has 4 nitrogen and oxygen atoms in total. The van der Waals surface area contributed by atoms with E-state index in [-0.39, 0.29) is 0 Å². The molecule has 0 saturated carbocycles. The van der Waals surface area contributed by atoms with Gasteiger partial charge in [-0.25, -0.2) is 9.97 Å². The summed E-state index contributed by atoms with van der Waals surface area (Å²) in [4.78, 5) is 8.88. The number of nitrogens with one attached hydrogen (secondary N) is 2. The summed E-state index contributed by atoms with van der Waals surface area (Å²) in [5, 5.41) is 6.73. The fraction of sp³-hybridized carbons (Fsp3) is 0.412. The minimum absolute atomic E-state index is 0.467. The van der Waals surface area contributed by atoms with Gasteiger partial charge in [-0.1, -0.05) is 39.0 Å². The summed E-state index contributed by atoms with van der Waals surface area (Å²) in [6, 6.07) is 10.3. The highest BCUT2D eigenvalue weighted by Crippen LogP contribution is 2.26. The van der Waals surface area contributed by atoms with Crippen LogP contribution in [0.15, 0.2) is 30.3 Å². The molecule has 1 aromatic carbocycles. The standard InChI is InChI=1S/C17H24N4/c1-5-10-18-16-11-17(20-13(4)19-16)21-15-9-7-6-8-14(15)12(2)3/h6-9,11-12H,5,10H2,1-4H3,(H2,18,19,20,21). The van der Waals surface area contributed by atoms with Crippen molar-refractivity contribution in [3.05, 3.63) is 41.7 Å². The molecule has 0 atom stereocenters. The molecule has 2 aromatic rings. The summed E-state index contributed by atoms with van der Waals surface area (Å²) in [5.74, 6) is 2.93. The van der Waals surface area contributed by atoms with Gasteiger partial charge in [-0.15, -0.1) is 0 Å². The van der Waals surface area contributed by atoms with Gasteiger partial charge in [0.2, 0.25) is 0 Å². The van der Waals surface area contributed by atoms with Crippen LogP contribution in [0.3, 0.4) is 0 Å². The van der Waals surface area contributed by atoms with Crippen LogP contribution in [0.5, 0.6) is 0 Å². The van der Waals surface area contributed by atoms with Crippen LogP contribution < -0.4 is 10.6 Å². The Kier molecular flexibility index (Phi) is 5.14. The third-order valence-electron chi connectivity index (χ3n) is 3.24. The molecule has 1 aromatic heterocycles. The predicted octanol–water partition coefficient (Wildman–Crippen LogP) is 4.47. The van der Waals surface area contributed by atoms with Crippen LogP contribution in [0, 0.1) is 6.92 Å². The third-order valence-corrected chi connectivity index (χ3v) is 3.24. The number of anilines is 3. The maximum atomic E-state index is 4.48. The highest BCUT2D eigenvalue weighted by atomic mass is 15.1. The lowest BCUT2D eigenvalue weighted by molar-refractivity contribution is 0.868. The van der Waals surface area contributed by atoms with Gasteiger partial charge in [0.25, 0.3) is 0 Å². The summed E-state index contributed by atoms with van der Waals surface area (Å²) in [6.07, 6.45) is 1.07. The Morgan fingerprint density at radius 2 is 1.81 bits per heavy atom. The first-order chi connectivity index (χ1) is 10.1. The molecular formula is C17H24N4. The topological polar surface area (TPSA) is 49.8 Å². The van der Waals surface area contributed by atoms with E-state index in [9.17, 15) is 0 Å². The first-order valence-electron chi connectivity index (χ1n) is 7.55. The van der Waals surface area contributed by atoms with Gasteiger partial charge in [0.1, 0.15) is 17.5 Å². The Labute approximate surface area is 127 Å². The number of nitrogens with zero attached hydrogens (tertiary/aromatic N) is 2. The molecule has 4 heteroatoms. The Hall–Kier alpha value is -2.10. The van der Waals surface area contributed by atoms with Crippen molar-refractivity contribution in [3.8, 4) is 0 Å². The first kappa shape index (κ1) is 15.3. The number of hydrogen-bond acceptors (Lipinski definition) is 4. The van der Waals surface area contributed by atoms with E-state index >= 15 is 0 Å². The van der Waals surface area contributed by atoms with Crippen LogP contribution in [0.4, 0.5) is 17.3 Å². The molecular weight excluding hydrogens is 260 g/mol. The summed E-state index contributed by atoms with van der Waals surface area (Å²) >= 11 is 0. The van der Waals surface area contributed by atoms with Crippen molar-refractivity contribution in [2.24, 2.45) is 0 Å². The fourth-order valence-corrected chi connectivity index (χ4v) is 2.23. The molecule has 112 valence electrons. The zero-order chi connectivity index (χ0) is 15.2. The highest BCUT2D eigenvalue weighted by molar-refractivity contribution is 5.63. The van der Waals surface area contributed by atoms with E-state index in [0.717, 1.165) is 36.1 Å². The summed E-state index contributed by atoms with van der Waals surface area (Å²) in [6.45, 7) is 9.36. The molecule has 0 spiro atoms. The molecule has 0 aliphatic rings. The maximum absolute atomic E-state index is 4.48. The normalized spacial score (nSPS) is 10.7. The molecule has 2 rings (SSSR count). The SMILES string of the molecule is CCCNc1cc(Nc2ccccc2C(C)C)nc(C)n1. The quantitative estimate of drug-likeness (QED) is 0.821. The molecule has 0 radical (unpaired) electrons. The zero-order valence-electron chi connectivity index (χ0n) is 13.3. The van der Waals surface area contributed by atoms with Gasteiger partial charge in [0.05, 0.1) is 0 Å². The molecule has 21 heavy (non-hydrogen) atoms. The van der Waals surface area contributed by atoms with Gasteiger partial charge in [0.15, 0.2) is 0 Å².